The van der Waals surface area contributed by atoms with E-state index >= 15 is 4.39 Å². The molecule has 4 heterocycles. The number of anilines is 2. The van der Waals surface area contributed by atoms with E-state index in [1.165, 1.54) is 18.2 Å². The van der Waals surface area contributed by atoms with Gasteiger partial charge in [0, 0.05) is 71.6 Å². The van der Waals surface area contributed by atoms with Crippen LogP contribution in [0.3, 0.4) is 0 Å². The lowest BCUT2D eigenvalue weighted by Gasteiger charge is -2.13. The highest BCUT2D eigenvalue weighted by molar-refractivity contribution is 5.97. The summed E-state index contributed by atoms with van der Waals surface area (Å²) in [5.74, 6) is -0.279. The molecule has 0 fully saturated rings. The number of hydrogen-bond donors (Lipinski definition) is 4. The molecule has 6 aromatic rings. The normalized spacial score (nSPS) is 11.7. The molecule has 4 aromatic heterocycles. The molecule has 0 saturated heterocycles. The van der Waals surface area contributed by atoms with Crippen molar-refractivity contribution in [1.82, 2.24) is 35.0 Å². The van der Waals surface area contributed by atoms with Gasteiger partial charge in [0.15, 0.2) is 11.5 Å². The van der Waals surface area contributed by atoms with Gasteiger partial charge in [0.05, 0.1) is 16.7 Å². The fourth-order valence-corrected chi connectivity index (χ4v) is 4.97. The van der Waals surface area contributed by atoms with Crippen LogP contribution in [-0.2, 0) is 0 Å². The van der Waals surface area contributed by atoms with Crippen LogP contribution in [0.2, 0.25) is 0 Å². The number of imidazole rings is 1. The first-order valence-corrected chi connectivity index (χ1v) is 13.7. The minimum Gasteiger partial charge on any atom is -0.384 e. The highest BCUT2D eigenvalue weighted by Crippen LogP contribution is 2.35. The van der Waals surface area contributed by atoms with Gasteiger partial charge in [0.1, 0.15) is 17.3 Å². The fraction of sp³-hybridized carbons (Fsp3) is 0.226. The van der Waals surface area contributed by atoms with Crippen LogP contribution in [0.25, 0.3) is 55.8 Å². The number of rotatable bonds is 9. The van der Waals surface area contributed by atoms with Crippen molar-refractivity contribution in [2.75, 3.05) is 37.8 Å². The molecule has 4 N–H and O–H groups in total. The molecule has 0 saturated carbocycles. The molecule has 0 radical (unpaired) electrons. The smallest absolute Gasteiger partial charge is 0.178 e. The van der Waals surface area contributed by atoms with Crippen molar-refractivity contribution in [2.24, 2.45) is 0 Å². The van der Waals surface area contributed by atoms with Crippen molar-refractivity contribution in [2.45, 2.75) is 19.9 Å². The zero-order valence-corrected chi connectivity index (χ0v) is 23.8. The number of aromatic nitrogens is 6. The molecule has 0 aliphatic heterocycles. The number of fused-ring (bicyclic) bond motifs is 2. The molecular weight excluding hydrogens is 536 g/mol. The molecule has 214 valence electrons. The zero-order valence-electron chi connectivity index (χ0n) is 23.8. The first-order chi connectivity index (χ1) is 20.2. The number of hydrogen-bond acceptors (Lipinski definition) is 7. The number of benzene rings is 2. The van der Waals surface area contributed by atoms with Crippen molar-refractivity contribution < 1.29 is 8.78 Å². The number of halogens is 2. The molecule has 0 atom stereocenters. The Kier molecular flexibility index (Phi) is 7.26. The lowest BCUT2D eigenvalue weighted by molar-refractivity contribution is 0.425. The number of nitrogens with one attached hydrogen (secondary N) is 4. The molecule has 6 rings (SSSR count). The Balaban J connectivity index is 1.40. The Morgan fingerprint density at radius 1 is 0.952 bits per heavy atom. The third-order valence-electron chi connectivity index (χ3n) is 6.87. The Morgan fingerprint density at radius 2 is 1.79 bits per heavy atom. The number of pyridine rings is 2. The van der Waals surface area contributed by atoms with E-state index in [-0.39, 0.29) is 11.9 Å². The minimum atomic E-state index is -0.393. The molecule has 9 nitrogen and oxygen atoms in total. The largest absolute Gasteiger partial charge is 0.384 e. The third-order valence-corrected chi connectivity index (χ3v) is 6.87. The van der Waals surface area contributed by atoms with Crippen LogP contribution in [0.4, 0.5) is 20.2 Å². The van der Waals surface area contributed by atoms with E-state index in [0.717, 1.165) is 17.8 Å². The molecule has 0 amide bonds. The van der Waals surface area contributed by atoms with Crippen LogP contribution in [0.1, 0.15) is 13.8 Å². The van der Waals surface area contributed by atoms with Gasteiger partial charge in [-0.05, 0) is 69.9 Å². The Bertz CT molecular complexity index is 1890. The first kappa shape index (κ1) is 27.3. The van der Waals surface area contributed by atoms with Crippen molar-refractivity contribution >= 4 is 33.4 Å². The molecule has 42 heavy (non-hydrogen) atoms. The minimum absolute atomic E-state index is 0.208. The van der Waals surface area contributed by atoms with Crippen LogP contribution in [0, 0.1) is 11.6 Å². The summed E-state index contributed by atoms with van der Waals surface area (Å²) in [4.78, 5) is 18.8. The highest BCUT2D eigenvalue weighted by atomic mass is 19.1. The van der Waals surface area contributed by atoms with Crippen LogP contribution in [-0.4, -0.2) is 68.3 Å². The predicted molar refractivity (Wildman–Crippen MR) is 163 cm³/mol. The van der Waals surface area contributed by atoms with Gasteiger partial charge in [-0.1, -0.05) is 0 Å². The van der Waals surface area contributed by atoms with Gasteiger partial charge in [-0.2, -0.15) is 5.10 Å². The first-order valence-electron chi connectivity index (χ1n) is 13.7. The molecule has 0 aliphatic carbocycles. The van der Waals surface area contributed by atoms with E-state index in [0.29, 0.717) is 62.5 Å². The number of likely N-dealkylation sites (N-methyl/N-ethyl adjacent to an activating group) is 1. The Hall–Kier alpha value is -4.90. The Morgan fingerprint density at radius 3 is 2.60 bits per heavy atom. The SMILES string of the molecule is CC(C)Nc1cncc(-c2cc3c(-c4nc5nccc(-c6cc(F)cc(NCCN(C)C)c6)c5[nH]4)n[nH]c3cc2F)c1. The lowest BCUT2D eigenvalue weighted by Crippen LogP contribution is -2.20. The van der Waals surface area contributed by atoms with E-state index in [2.05, 4.69) is 40.7 Å². The van der Waals surface area contributed by atoms with Crippen molar-refractivity contribution in [3.8, 4) is 33.8 Å². The maximum absolute atomic E-state index is 15.2. The van der Waals surface area contributed by atoms with E-state index in [1.807, 2.05) is 46.1 Å². The maximum Gasteiger partial charge on any atom is 0.178 e. The van der Waals surface area contributed by atoms with Gasteiger partial charge in [0.25, 0.3) is 0 Å². The summed E-state index contributed by atoms with van der Waals surface area (Å²) >= 11 is 0. The highest BCUT2D eigenvalue weighted by Gasteiger charge is 2.19. The maximum atomic E-state index is 15.2. The molecule has 2 aromatic carbocycles. The van der Waals surface area contributed by atoms with E-state index in [9.17, 15) is 4.39 Å². The standard InChI is InChI=1S/C31H31F2N9/c1-17(2)37-22-11-19(15-34-16-22)24-13-25-27(14-26(24)33)40-41-29(25)31-38-28-23(5-6-36-30(28)39-31)18-9-20(32)12-21(10-18)35-7-8-42(3)4/h5-6,9-17,35,37H,7-8H2,1-4H3,(H,40,41)(H,36,38,39). The molecular formula is C31H31F2N9. The van der Waals surface area contributed by atoms with Gasteiger partial charge >= 0.3 is 0 Å². The molecule has 0 bridgehead atoms. The summed E-state index contributed by atoms with van der Waals surface area (Å²) in [6.07, 6.45) is 4.99. The quantitative estimate of drug-likeness (QED) is 0.162. The third kappa shape index (κ3) is 5.51. The summed E-state index contributed by atoms with van der Waals surface area (Å²) in [7, 11) is 3.98. The van der Waals surface area contributed by atoms with Crippen LogP contribution in [0.5, 0.6) is 0 Å². The average Bonchev–Trinajstić information content (AvgIpc) is 3.55. The second-order valence-corrected chi connectivity index (χ2v) is 10.8. The Labute approximate surface area is 241 Å². The van der Waals surface area contributed by atoms with Crippen LogP contribution in [0.15, 0.2) is 61.1 Å². The fourth-order valence-electron chi connectivity index (χ4n) is 4.97. The topological polar surface area (TPSA) is 110 Å². The second kappa shape index (κ2) is 11.2. The van der Waals surface area contributed by atoms with Gasteiger partial charge in [-0.3, -0.25) is 10.1 Å². The summed E-state index contributed by atoms with van der Waals surface area (Å²) in [5, 5.41) is 14.6. The summed E-state index contributed by atoms with van der Waals surface area (Å²) in [5.41, 5.74) is 6.12. The van der Waals surface area contributed by atoms with E-state index < -0.39 is 5.82 Å². The van der Waals surface area contributed by atoms with E-state index in [1.54, 1.807) is 24.7 Å². The number of aromatic amines is 2. The second-order valence-electron chi connectivity index (χ2n) is 10.8. The van der Waals surface area contributed by atoms with Crippen LogP contribution >= 0.6 is 0 Å². The lowest BCUT2D eigenvalue weighted by atomic mass is 10.0. The molecule has 0 unspecified atom stereocenters. The number of H-pyrrole nitrogens is 2. The van der Waals surface area contributed by atoms with Crippen LogP contribution < -0.4 is 10.6 Å². The van der Waals surface area contributed by atoms with Crippen molar-refractivity contribution in [3.63, 3.8) is 0 Å². The average molecular weight is 568 g/mol. The summed E-state index contributed by atoms with van der Waals surface area (Å²) < 4.78 is 29.9. The molecule has 0 spiro atoms. The van der Waals surface area contributed by atoms with Gasteiger partial charge in [-0.15, -0.1) is 0 Å². The molecule has 0 aliphatic rings. The molecule has 11 heteroatoms. The number of nitrogens with zero attached hydrogens (tertiary/aromatic N) is 5. The van der Waals surface area contributed by atoms with Gasteiger partial charge in [-0.25, -0.2) is 18.7 Å². The van der Waals surface area contributed by atoms with E-state index in [4.69, 9.17) is 4.98 Å². The van der Waals surface area contributed by atoms with Crippen molar-refractivity contribution in [1.29, 1.82) is 0 Å². The summed E-state index contributed by atoms with van der Waals surface area (Å²) in [6, 6.07) is 11.9. The zero-order chi connectivity index (χ0) is 29.4. The predicted octanol–water partition coefficient (Wildman–Crippen LogP) is 6.30. The van der Waals surface area contributed by atoms with Gasteiger partial charge < -0.3 is 20.5 Å². The monoisotopic (exact) mass is 567 g/mol. The van der Waals surface area contributed by atoms with Crippen molar-refractivity contribution in [3.05, 3.63) is 72.7 Å². The summed E-state index contributed by atoms with van der Waals surface area (Å²) in [6.45, 7) is 5.55. The van der Waals surface area contributed by atoms with Gasteiger partial charge in [0.2, 0.25) is 0 Å².